The van der Waals surface area contributed by atoms with Gasteiger partial charge in [-0.25, -0.2) is 9.59 Å². The Labute approximate surface area is 597 Å². The van der Waals surface area contributed by atoms with Gasteiger partial charge in [0, 0.05) is 55.8 Å². The van der Waals surface area contributed by atoms with Crippen LogP contribution < -0.4 is 16.0 Å². The molecular formula is C76H123N3O22. The Morgan fingerprint density at radius 1 is 0.762 bits per heavy atom. The number of esters is 1. The summed E-state index contributed by atoms with van der Waals surface area (Å²) in [4.78, 5) is 79.9. The molecule has 0 spiro atoms. The molecule has 0 radical (unpaired) electrons. The quantitative estimate of drug-likeness (QED) is 0.0322. The van der Waals surface area contributed by atoms with Gasteiger partial charge in [-0.15, -0.1) is 0 Å². The molecule has 0 aromatic heterocycles. The van der Waals surface area contributed by atoms with Gasteiger partial charge in [-0.05, 0) is 108 Å². The number of carboxylic acids is 1. The van der Waals surface area contributed by atoms with Gasteiger partial charge in [-0.3, -0.25) is 19.2 Å². The van der Waals surface area contributed by atoms with Crippen molar-refractivity contribution in [3.05, 3.63) is 108 Å². The lowest BCUT2D eigenvalue weighted by Gasteiger charge is -2.43. The number of fused-ring (bicyclic) bond motifs is 2. The fraction of sp³-hybridized carbons (Fsp3) is 0.684. The molecule has 2 aliphatic heterocycles. The smallest absolute Gasteiger partial charge is 0.335 e. The largest absolute Gasteiger partial charge is 0.479 e. The van der Waals surface area contributed by atoms with Gasteiger partial charge >= 0.3 is 11.9 Å². The lowest BCUT2D eigenvalue weighted by atomic mass is 9.77. The Morgan fingerprint density at radius 2 is 1.36 bits per heavy atom. The summed E-state index contributed by atoms with van der Waals surface area (Å²) in [5.41, 5.74) is -0.272. The molecule has 15 N–H and O–H groups in total. The van der Waals surface area contributed by atoms with Crippen molar-refractivity contribution in [1.29, 1.82) is 0 Å². The van der Waals surface area contributed by atoms with E-state index in [1.165, 1.54) is 37.3 Å². The number of carbonyl (C=O) groups excluding carboxylic acids is 5. The molecule has 574 valence electrons. The van der Waals surface area contributed by atoms with Crippen molar-refractivity contribution in [2.24, 2.45) is 52.8 Å². The second-order valence-corrected chi connectivity index (χ2v) is 29.1. The van der Waals surface area contributed by atoms with E-state index in [-0.39, 0.29) is 49.4 Å². The number of amides is 3. The van der Waals surface area contributed by atoms with Gasteiger partial charge in [0.05, 0.1) is 91.8 Å². The maximum atomic E-state index is 14.1. The van der Waals surface area contributed by atoms with E-state index < -0.39 is 193 Å². The number of carboxylic acid groups (broad SMARTS) is 1. The van der Waals surface area contributed by atoms with Crippen molar-refractivity contribution in [2.75, 3.05) is 14.2 Å². The van der Waals surface area contributed by atoms with Gasteiger partial charge in [-0.2, -0.15) is 0 Å². The van der Waals surface area contributed by atoms with E-state index in [1.54, 1.807) is 153 Å². The Hall–Kier alpha value is -5.88. The summed E-state index contributed by atoms with van der Waals surface area (Å²) in [6.07, 6.45) is 5.05. The first-order valence-electron chi connectivity index (χ1n) is 35.3. The molecule has 25 nitrogen and oxygen atoms in total. The third-order valence-corrected chi connectivity index (χ3v) is 19.2. The van der Waals surface area contributed by atoms with E-state index in [1.807, 2.05) is 13.0 Å². The molecular weight excluding hydrogens is 1310 g/mol. The molecule has 25 atom stereocenters. The fourth-order valence-corrected chi connectivity index (χ4v) is 12.5. The zero-order valence-electron chi connectivity index (χ0n) is 62.2. The van der Waals surface area contributed by atoms with Crippen LogP contribution in [0.25, 0.3) is 0 Å². The van der Waals surface area contributed by atoms with Crippen molar-refractivity contribution in [3.63, 3.8) is 0 Å². The standard InChI is InChI=1S/C76H123N3O22/c1-41(2)65(88)50(12)73(94)76(14,15)34-33-60(86)77-63(66(89)42(3)4)69(92)47(9)36-45(7)67(90)43(5)31-32-53(82)39-61(87)79-62(51(13)80)58-38-52(81)27-26-28-55(83)44(6)35-46(8)68(91)49(11)56(84)40-54-37-48(10)71(99-17)72(100-54)57(98-16)29-24-22-20-18-19-21-23-25-30-59(85)78-64(75(97)101-58)70(93)74(95)96/h18-26,28-30,33-36,41-44,47-58,62-72,80-84,88-93H,27,31-32,37-40H2,1-17H3,(H,77,86)(H,78,85)(H,79,87)(H,95,96)/b19-18-,22-20-,23-21-,28-26-,29-24-,30-25-,34-33+,45-36+,46-35-/t43-,44+,47+,48+,49+,50+,51+,52-,53-,54+,55-,56-,57+,58-,62-,63-,64-,65+,66-,67-,68+,69-,70-,71+,72-/m1/s1. The minimum absolute atomic E-state index is 0.0173. The summed E-state index contributed by atoms with van der Waals surface area (Å²) in [6, 6.07) is -5.09. The molecule has 0 aliphatic carbocycles. The molecule has 2 bridgehead atoms. The molecule has 0 saturated carbocycles. The summed E-state index contributed by atoms with van der Waals surface area (Å²) in [6.45, 7) is 25.1. The number of rotatable bonds is 26. The summed E-state index contributed by atoms with van der Waals surface area (Å²) in [5.74, 6) is -10.3. The van der Waals surface area contributed by atoms with Crippen molar-refractivity contribution in [2.45, 2.75) is 265 Å². The highest BCUT2D eigenvalue weighted by molar-refractivity contribution is 5.94. The maximum Gasteiger partial charge on any atom is 0.335 e. The molecule has 1 fully saturated rings. The SMILES string of the molecule is CO[C@@H]1[C@@H]2O[C@H](C[C@@H](O)[C@H](C)[C@@H](O)/C(C)=C\[C@H](C)[C@H](O)/C=C\C[C@@H](O)C[C@H]([C@H](NC(=O)C[C@H](O)CC[C@@H](C)[C@@H](O)/C(C)=C/[C@H](C)[C@@H](O)[C@H](NC(=O)/C=C/C(C)(C)C(=O)[C@@H](C)[C@@H](O)C(C)C)[C@H](O)C(C)C)[C@H](C)O)OC(=O)[C@@H]([C@@H](O)C(=O)O)NC(=O)\C=C/C=C\C=C/C=C\C=C/[C@@H]2OC)C[C@@H]1C. The summed E-state index contributed by atoms with van der Waals surface area (Å²) in [5, 5.41) is 141. The monoisotopic (exact) mass is 1430 g/mol. The number of aliphatic hydroxyl groups excluding tert-OH is 11. The Morgan fingerprint density at radius 3 is 1.92 bits per heavy atom. The highest BCUT2D eigenvalue weighted by Gasteiger charge is 2.44. The number of carbonyl (C=O) groups is 6. The highest BCUT2D eigenvalue weighted by atomic mass is 16.6. The van der Waals surface area contributed by atoms with E-state index in [0.29, 0.717) is 17.6 Å². The summed E-state index contributed by atoms with van der Waals surface area (Å²) >= 11 is 0. The minimum atomic E-state index is -2.60. The number of ketones is 1. The van der Waals surface area contributed by atoms with Gasteiger partial charge in [0.1, 0.15) is 24.1 Å². The number of cyclic esters (lactones) is 1. The Kier molecular flexibility index (Phi) is 40.4. The molecule has 2 aliphatic rings. The van der Waals surface area contributed by atoms with E-state index in [9.17, 15) is 90.0 Å². The Bertz CT molecular complexity index is 2860. The lowest BCUT2D eigenvalue weighted by molar-refractivity contribution is -0.191. The number of methoxy groups -OCH3 is 2. The first-order valence-corrected chi connectivity index (χ1v) is 35.3. The zero-order chi connectivity index (χ0) is 76.9. The van der Waals surface area contributed by atoms with Crippen LogP contribution in [-0.4, -0.2) is 227 Å². The summed E-state index contributed by atoms with van der Waals surface area (Å²) in [7, 11) is 3.15. The number of allylic oxidation sites excluding steroid dienone is 9. The van der Waals surface area contributed by atoms with Gasteiger partial charge < -0.3 is 96.2 Å². The van der Waals surface area contributed by atoms with Crippen LogP contribution >= 0.6 is 0 Å². The second-order valence-electron chi connectivity index (χ2n) is 29.1. The topological polar surface area (TPSA) is 418 Å². The second kappa shape index (κ2) is 44.7. The number of ether oxygens (including phenoxy) is 4. The molecule has 2 rings (SSSR count). The van der Waals surface area contributed by atoms with Crippen molar-refractivity contribution >= 4 is 35.4 Å². The third-order valence-electron chi connectivity index (χ3n) is 19.2. The van der Waals surface area contributed by atoms with E-state index in [2.05, 4.69) is 16.0 Å². The maximum absolute atomic E-state index is 14.1. The molecule has 0 aromatic rings. The Balaban J connectivity index is 2.45. The van der Waals surface area contributed by atoms with Crippen LogP contribution in [0, 0.1) is 52.8 Å². The van der Waals surface area contributed by atoms with Crippen molar-refractivity contribution < 1.29 is 109 Å². The predicted octanol–water partition coefficient (Wildman–Crippen LogP) is 4.48. The zero-order valence-corrected chi connectivity index (χ0v) is 62.2. The fourth-order valence-electron chi connectivity index (χ4n) is 12.5. The predicted molar refractivity (Wildman–Crippen MR) is 383 cm³/mol. The van der Waals surface area contributed by atoms with E-state index >= 15 is 0 Å². The van der Waals surface area contributed by atoms with Crippen molar-refractivity contribution in [1.82, 2.24) is 16.0 Å². The van der Waals surface area contributed by atoms with Crippen LogP contribution in [0.1, 0.15) is 149 Å². The normalized spacial score (nSPS) is 31.6. The lowest BCUT2D eigenvalue weighted by Crippen LogP contribution is -2.57. The molecule has 0 unspecified atom stereocenters. The number of nitrogens with one attached hydrogen (secondary N) is 3. The molecule has 0 aromatic carbocycles. The van der Waals surface area contributed by atoms with Gasteiger partial charge in [0.15, 0.2) is 12.1 Å². The number of aliphatic hydroxyl groups is 11. The number of hydrogen-bond acceptors (Lipinski definition) is 21. The molecule has 25 heteroatoms. The van der Waals surface area contributed by atoms with Crippen molar-refractivity contribution in [3.8, 4) is 0 Å². The van der Waals surface area contributed by atoms with Gasteiger partial charge in [0.25, 0.3) is 0 Å². The summed E-state index contributed by atoms with van der Waals surface area (Å²) < 4.78 is 24.0. The molecule has 3 amide bonds. The van der Waals surface area contributed by atoms with Crippen LogP contribution in [0.5, 0.6) is 0 Å². The number of Topliss-reactive ketones (excluding diaryl/α,β-unsaturated/α-hetero) is 1. The van der Waals surface area contributed by atoms with Crippen LogP contribution in [0.4, 0.5) is 0 Å². The van der Waals surface area contributed by atoms with Gasteiger partial charge in [-0.1, -0.05) is 154 Å². The number of aliphatic carboxylic acids is 1. The first kappa shape index (κ1) is 91.2. The van der Waals surface area contributed by atoms with Crippen LogP contribution in [-0.2, 0) is 47.7 Å². The molecule has 1 saturated heterocycles. The van der Waals surface area contributed by atoms with Gasteiger partial charge in [0.2, 0.25) is 17.7 Å². The molecule has 2 heterocycles. The van der Waals surface area contributed by atoms with E-state index in [0.717, 1.165) is 12.2 Å². The minimum Gasteiger partial charge on any atom is -0.479 e. The average molecular weight is 1430 g/mol. The molecule has 101 heavy (non-hydrogen) atoms. The number of hydrogen-bond donors (Lipinski definition) is 15. The van der Waals surface area contributed by atoms with Crippen LogP contribution in [0.15, 0.2) is 108 Å². The van der Waals surface area contributed by atoms with Crippen LogP contribution in [0.2, 0.25) is 0 Å². The van der Waals surface area contributed by atoms with Crippen LogP contribution in [0.3, 0.4) is 0 Å². The van der Waals surface area contributed by atoms with E-state index in [4.69, 9.17) is 18.9 Å². The highest BCUT2D eigenvalue weighted by Crippen LogP contribution is 2.35. The average Bonchev–Trinajstić information content (AvgIpc) is 0.819. The first-order chi connectivity index (χ1) is 47.1. The third kappa shape index (κ3) is 30.4.